The summed E-state index contributed by atoms with van der Waals surface area (Å²) in [5.41, 5.74) is 0.121. The lowest BCUT2D eigenvalue weighted by molar-refractivity contribution is -0.147. The van der Waals surface area contributed by atoms with E-state index >= 15 is 0 Å². The molecule has 24 heavy (non-hydrogen) atoms. The molecule has 3 amide bonds. The molecule has 0 spiro atoms. The average Bonchev–Trinajstić information content (AvgIpc) is 3.00. The van der Waals surface area contributed by atoms with E-state index in [1.807, 2.05) is 0 Å². The van der Waals surface area contributed by atoms with Crippen LogP contribution in [0.3, 0.4) is 0 Å². The molecule has 128 valence electrons. The molecule has 2 fully saturated rings. The smallest absolute Gasteiger partial charge is 0.328 e. The highest BCUT2D eigenvalue weighted by molar-refractivity contribution is 6.00. The minimum absolute atomic E-state index is 0.0592. The van der Waals surface area contributed by atoms with Crippen LogP contribution in [-0.4, -0.2) is 66.8 Å². The van der Waals surface area contributed by atoms with Crippen molar-refractivity contribution in [2.24, 2.45) is 0 Å². The predicted octanol–water partition coefficient (Wildman–Crippen LogP) is 0.281. The summed E-state index contributed by atoms with van der Waals surface area (Å²) in [6, 6.07) is 2.30. The third-order valence-electron chi connectivity index (χ3n) is 4.02. The standard InChI is InChI=1S/C15H16FN3O5/c16-11-2-1-9(18-4-3-17-15(18)23)7-10(11)13(20)19-5-6-24-8-12(19)14(21)22/h1-2,7,12H,3-6,8H2,(H,17,23)(H,21,22)/t12-/m1/s1. The highest BCUT2D eigenvalue weighted by Gasteiger charge is 2.34. The second-order valence-corrected chi connectivity index (χ2v) is 5.48. The van der Waals surface area contributed by atoms with E-state index in [2.05, 4.69) is 5.32 Å². The number of carboxylic acid groups (broad SMARTS) is 1. The summed E-state index contributed by atoms with van der Waals surface area (Å²) in [4.78, 5) is 38.1. The largest absolute Gasteiger partial charge is 0.480 e. The monoisotopic (exact) mass is 337 g/mol. The molecule has 0 saturated carbocycles. The van der Waals surface area contributed by atoms with Crippen LogP contribution in [0.2, 0.25) is 0 Å². The minimum atomic E-state index is -1.21. The van der Waals surface area contributed by atoms with Crippen LogP contribution in [-0.2, 0) is 9.53 Å². The first-order valence-corrected chi connectivity index (χ1v) is 7.45. The first kappa shape index (κ1) is 16.2. The normalized spacial score (nSPS) is 20.9. The van der Waals surface area contributed by atoms with Gasteiger partial charge in [-0.05, 0) is 18.2 Å². The second kappa shape index (κ2) is 6.44. The van der Waals surface area contributed by atoms with E-state index in [-0.39, 0.29) is 31.4 Å². The summed E-state index contributed by atoms with van der Waals surface area (Å²) in [7, 11) is 0. The summed E-state index contributed by atoms with van der Waals surface area (Å²) >= 11 is 0. The molecule has 2 aliphatic rings. The van der Waals surface area contributed by atoms with E-state index in [1.165, 1.54) is 17.0 Å². The molecule has 2 heterocycles. The molecule has 9 heteroatoms. The zero-order chi connectivity index (χ0) is 17.3. The molecule has 1 aromatic carbocycles. The average molecular weight is 337 g/mol. The first-order chi connectivity index (χ1) is 11.5. The van der Waals surface area contributed by atoms with Gasteiger partial charge in [0.05, 0.1) is 18.8 Å². The number of nitrogens with one attached hydrogen (secondary N) is 1. The molecule has 1 atom stereocenters. The Bertz CT molecular complexity index is 696. The number of hydrogen-bond acceptors (Lipinski definition) is 4. The van der Waals surface area contributed by atoms with Gasteiger partial charge in [0.1, 0.15) is 5.82 Å². The van der Waals surface area contributed by atoms with Crippen molar-refractivity contribution in [3.05, 3.63) is 29.6 Å². The summed E-state index contributed by atoms with van der Waals surface area (Å²) in [5.74, 6) is -2.71. The number of benzene rings is 1. The number of aliphatic carboxylic acids is 1. The molecule has 0 unspecified atom stereocenters. The van der Waals surface area contributed by atoms with Gasteiger partial charge in [0.2, 0.25) is 0 Å². The Hall–Kier alpha value is -2.68. The lowest BCUT2D eigenvalue weighted by Crippen LogP contribution is -2.52. The zero-order valence-corrected chi connectivity index (χ0v) is 12.7. The molecule has 0 bridgehead atoms. The van der Waals surface area contributed by atoms with Crippen molar-refractivity contribution >= 4 is 23.6 Å². The fourth-order valence-corrected chi connectivity index (χ4v) is 2.77. The molecule has 3 rings (SSSR count). The quantitative estimate of drug-likeness (QED) is 0.825. The predicted molar refractivity (Wildman–Crippen MR) is 80.4 cm³/mol. The fraction of sp³-hybridized carbons (Fsp3) is 0.400. The van der Waals surface area contributed by atoms with Crippen LogP contribution < -0.4 is 10.2 Å². The minimum Gasteiger partial charge on any atom is -0.480 e. The summed E-state index contributed by atoms with van der Waals surface area (Å²) in [6.07, 6.45) is 0. The summed E-state index contributed by atoms with van der Waals surface area (Å²) in [6.45, 7) is 0.976. The number of carbonyl (C=O) groups excluding carboxylic acids is 2. The number of morpholine rings is 1. The van der Waals surface area contributed by atoms with Crippen LogP contribution >= 0.6 is 0 Å². The lowest BCUT2D eigenvalue weighted by Gasteiger charge is -2.33. The van der Waals surface area contributed by atoms with E-state index < -0.39 is 23.7 Å². The van der Waals surface area contributed by atoms with Crippen molar-refractivity contribution < 1.29 is 28.6 Å². The van der Waals surface area contributed by atoms with Gasteiger partial charge in [-0.2, -0.15) is 0 Å². The fourth-order valence-electron chi connectivity index (χ4n) is 2.77. The Kier molecular flexibility index (Phi) is 4.34. The van der Waals surface area contributed by atoms with Crippen molar-refractivity contribution in [3.8, 4) is 0 Å². The molecule has 0 aromatic heterocycles. The number of hydrogen-bond donors (Lipinski definition) is 2. The molecule has 2 N–H and O–H groups in total. The Morgan fingerprint density at radius 1 is 1.33 bits per heavy atom. The Balaban J connectivity index is 1.91. The number of rotatable bonds is 3. The maximum absolute atomic E-state index is 14.1. The van der Waals surface area contributed by atoms with Crippen molar-refractivity contribution in [2.75, 3.05) is 37.7 Å². The van der Waals surface area contributed by atoms with Crippen LogP contribution in [0.25, 0.3) is 0 Å². The number of ether oxygens (including phenoxy) is 1. The van der Waals surface area contributed by atoms with E-state index in [9.17, 15) is 23.9 Å². The van der Waals surface area contributed by atoms with Crippen LogP contribution in [0, 0.1) is 5.82 Å². The summed E-state index contributed by atoms with van der Waals surface area (Å²) < 4.78 is 19.2. The Labute approximate surface area is 136 Å². The van der Waals surface area contributed by atoms with Crippen LogP contribution in [0.4, 0.5) is 14.9 Å². The van der Waals surface area contributed by atoms with E-state index in [4.69, 9.17) is 4.74 Å². The molecule has 0 radical (unpaired) electrons. The van der Waals surface area contributed by atoms with Crippen LogP contribution in [0.1, 0.15) is 10.4 Å². The van der Waals surface area contributed by atoms with Gasteiger partial charge in [-0.15, -0.1) is 0 Å². The molecular weight excluding hydrogens is 321 g/mol. The van der Waals surface area contributed by atoms with Crippen molar-refractivity contribution in [1.29, 1.82) is 0 Å². The van der Waals surface area contributed by atoms with Gasteiger partial charge in [0.25, 0.3) is 5.91 Å². The molecule has 2 saturated heterocycles. The second-order valence-electron chi connectivity index (χ2n) is 5.48. The number of carboxylic acids is 1. The third-order valence-corrected chi connectivity index (χ3v) is 4.02. The highest BCUT2D eigenvalue weighted by Crippen LogP contribution is 2.23. The molecule has 1 aromatic rings. The van der Waals surface area contributed by atoms with Crippen LogP contribution in [0.15, 0.2) is 18.2 Å². The van der Waals surface area contributed by atoms with Gasteiger partial charge >= 0.3 is 12.0 Å². The number of urea groups is 1. The van der Waals surface area contributed by atoms with Gasteiger partial charge in [-0.1, -0.05) is 0 Å². The van der Waals surface area contributed by atoms with Gasteiger partial charge < -0.3 is 20.1 Å². The Morgan fingerprint density at radius 2 is 2.12 bits per heavy atom. The number of amides is 3. The SMILES string of the molecule is O=C(O)[C@H]1COCCN1C(=O)c1cc(N2CCNC2=O)ccc1F. The zero-order valence-electron chi connectivity index (χ0n) is 12.7. The Morgan fingerprint density at radius 3 is 2.79 bits per heavy atom. The van der Waals surface area contributed by atoms with Crippen molar-refractivity contribution in [3.63, 3.8) is 0 Å². The molecule has 2 aliphatic heterocycles. The lowest BCUT2D eigenvalue weighted by atomic mass is 10.1. The van der Waals surface area contributed by atoms with E-state index in [0.29, 0.717) is 18.8 Å². The maximum Gasteiger partial charge on any atom is 0.328 e. The number of nitrogens with zero attached hydrogens (tertiary/aromatic N) is 2. The number of halogens is 1. The maximum atomic E-state index is 14.1. The molecular formula is C15H16FN3O5. The third kappa shape index (κ3) is 2.90. The van der Waals surface area contributed by atoms with Crippen molar-refractivity contribution in [2.45, 2.75) is 6.04 Å². The van der Waals surface area contributed by atoms with Gasteiger partial charge in [0.15, 0.2) is 6.04 Å². The van der Waals surface area contributed by atoms with Gasteiger partial charge in [-0.25, -0.2) is 14.0 Å². The van der Waals surface area contributed by atoms with Gasteiger partial charge in [-0.3, -0.25) is 9.69 Å². The summed E-state index contributed by atoms with van der Waals surface area (Å²) in [5, 5.41) is 11.8. The topological polar surface area (TPSA) is 99.2 Å². The van der Waals surface area contributed by atoms with E-state index in [0.717, 1.165) is 11.0 Å². The number of anilines is 1. The van der Waals surface area contributed by atoms with Crippen LogP contribution in [0.5, 0.6) is 0 Å². The van der Waals surface area contributed by atoms with E-state index in [1.54, 1.807) is 0 Å². The molecule has 8 nitrogen and oxygen atoms in total. The highest BCUT2D eigenvalue weighted by atomic mass is 19.1. The molecule has 0 aliphatic carbocycles. The number of carbonyl (C=O) groups is 3. The van der Waals surface area contributed by atoms with Gasteiger partial charge in [0, 0.05) is 25.3 Å². The van der Waals surface area contributed by atoms with Crippen molar-refractivity contribution in [1.82, 2.24) is 10.2 Å². The first-order valence-electron chi connectivity index (χ1n) is 7.45.